The number of hydrogen-bond acceptors (Lipinski definition) is 3. The number of alkyl halides is 1. The third-order valence-corrected chi connectivity index (χ3v) is 3.51. The minimum Gasteiger partial charge on any atom is -0.266 e. The van der Waals surface area contributed by atoms with Gasteiger partial charge in [-0.3, -0.25) is 4.18 Å². The van der Waals surface area contributed by atoms with E-state index in [-0.39, 0.29) is 17.9 Å². The van der Waals surface area contributed by atoms with E-state index < -0.39 is 15.8 Å². The summed E-state index contributed by atoms with van der Waals surface area (Å²) in [4.78, 5) is 0.125. The maximum atomic E-state index is 13.1. The maximum Gasteiger partial charge on any atom is 0.296 e. The van der Waals surface area contributed by atoms with Gasteiger partial charge in [-0.1, -0.05) is 18.2 Å². The first kappa shape index (κ1) is 14.1. The molecule has 3 nitrogen and oxygen atoms in total. The van der Waals surface area contributed by atoms with E-state index >= 15 is 0 Å². The van der Waals surface area contributed by atoms with Crippen LogP contribution < -0.4 is 0 Å². The SMILES string of the molecule is CC(C)(F)CCCOS(=O)(=O)c1ccccc1. The fourth-order valence-corrected chi connectivity index (χ4v) is 2.28. The lowest BCUT2D eigenvalue weighted by Crippen LogP contribution is -2.14. The topological polar surface area (TPSA) is 43.4 Å². The predicted octanol–water partition coefficient (Wildman–Crippen LogP) is 2.92. The second kappa shape index (κ2) is 5.60. The van der Waals surface area contributed by atoms with Gasteiger partial charge < -0.3 is 0 Å². The average molecular weight is 260 g/mol. The molecule has 0 unspecified atom stereocenters. The Balaban J connectivity index is 2.47. The zero-order valence-corrected chi connectivity index (χ0v) is 10.8. The van der Waals surface area contributed by atoms with Gasteiger partial charge in [-0.05, 0) is 38.8 Å². The van der Waals surface area contributed by atoms with Crippen LogP contribution in [0.4, 0.5) is 4.39 Å². The van der Waals surface area contributed by atoms with Crippen molar-refractivity contribution in [3.8, 4) is 0 Å². The van der Waals surface area contributed by atoms with Crippen molar-refractivity contribution < 1.29 is 17.0 Å². The molecule has 0 heterocycles. The molecular formula is C12H17FO3S. The Kier molecular flexibility index (Phi) is 4.65. The summed E-state index contributed by atoms with van der Waals surface area (Å²) in [6.07, 6.45) is 0.646. The second-order valence-electron chi connectivity index (χ2n) is 4.41. The van der Waals surface area contributed by atoms with Crippen LogP contribution in [-0.4, -0.2) is 20.7 Å². The molecule has 0 aliphatic carbocycles. The molecule has 0 N–H and O–H groups in total. The van der Waals surface area contributed by atoms with Gasteiger partial charge in [-0.15, -0.1) is 0 Å². The summed E-state index contributed by atoms with van der Waals surface area (Å²) in [7, 11) is -3.70. The molecule has 0 bridgehead atoms. The first-order valence-electron chi connectivity index (χ1n) is 5.45. The zero-order valence-electron chi connectivity index (χ0n) is 10.0. The van der Waals surface area contributed by atoms with Crippen molar-refractivity contribution in [3.63, 3.8) is 0 Å². The summed E-state index contributed by atoms with van der Waals surface area (Å²) >= 11 is 0. The van der Waals surface area contributed by atoms with Crippen molar-refractivity contribution in [2.75, 3.05) is 6.61 Å². The van der Waals surface area contributed by atoms with Crippen LogP contribution in [0.1, 0.15) is 26.7 Å². The molecule has 0 saturated carbocycles. The molecule has 0 saturated heterocycles. The van der Waals surface area contributed by atoms with E-state index in [0.717, 1.165) is 0 Å². The van der Waals surface area contributed by atoms with Gasteiger partial charge in [-0.2, -0.15) is 8.42 Å². The van der Waals surface area contributed by atoms with Crippen LogP contribution in [0.3, 0.4) is 0 Å². The highest BCUT2D eigenvalue weighted by Gasteiger charge is 2.17. The van der Waals surface area contributed by atoms with Gasteiger partial charge >= 0.3 is 0 Å². The van der Waals surface area contributed by atoms with Gasteiger partial charge in [0.15, 0.2) is 0 Å². The predicted molar refractivity (Wildman–Crippen MR) is 64.0 cm³/mol. The van der Waals surface area contributed by atoms with E-state index in [4.69, 9.17) is 4.18 Å². The third-order valence-electron chi connectivity index (χ3n) is 2.19. The monoisotopic (exact) mass is 260 g/mol. The van der Waals surface area contributed by atoms with E-state index in [0.29, 0.717) is 6.42 Å². The molecular weight excluding hydrogens is 243 g/mol. The Morgan fingerprint density at radius 1 is 1.24 bits per heavy atom. The Morgan fingerprint density at radius 2 is 1.82 bits per heavy atom. The van der Waals surface area contributed by atoms with Crippen molar-refractivity contribution in [2.24, 2.45) is 0 Å². The van der Waals surface area contributed by atoms with Crippen LogP contribution in [0.15, 0.2) is 35.2 Å². The zero-order chi connectivity index (χ0) is 12.9. The van der Waals surface area contributed by atoms with E-state index in [1.165, 1.54) is 26.0 Å². The Bertz CT molecular complexity index is 435. The van der Waals surface area contributed by atoms with Crippen molar-refractivity contribution in [1.82, 2.24) is 0 Å². The Labute approximate surface area is 102 Å². The van der Waals surface area contributed by atoms with E-state index in [9.17, 15) is 12.8 Å². The summed E-state index contributed by atoms with van der Waals surface area (Å²) in [6.45, 7) is 2.92. The largest absolute Gasteiger partial charge is 0.296 e. The van der Waals surface area contributed by atoms with Crippen molar-refractivity contribution in [1.29, 1.82) is 0 Å². The van der Waals surface area contributed by atoms with E-state index in [1.807, 2.05) is 0 Å². The van der Waals surface area contributed by atoms with E-state index in [1.54, 1.807) is 18.2 Å². The molecule has 5 heteroatoms. The first-order chi connectivity index (χ1) is 7.81. The van der Waals surface area contributed by atoms with Crippen molar-refractivity contribution in [3.05, 3.63) is 30.3 Å². The molecule has 1 aromatic rings. The smallest absolute Gasteiger partial charge is 0.266 e. The van der Waals surface area contributed by atoms with Crippen molar-refractivity contribution >= 4 is 10.1 Å². The number of benzene rings is 1. The highest BCUT2D eigenvalue weighted by molar-refractivity contribution is 7.86. The summed E-state index contributed by atoms with van der Waals surface area (Å²) in [5, 5.41) is 0. The molecule has 1 aromatic carbocycles. The molecule has 0 aromatic heterocycles. The number of rotatable bonds is 6. The first-order valence-corrected chi connectivity index (χ1v) is 6.85. The quantitative estimate of drug-likeness (QED) is 0.583. The average Bonchev–Trinajstić information content (AvgIpc) is 2.25. The number of hydrogen-bond donors (Lipinski definition) is 0. The molecule has 0 spiro atoms. The highest BCUT2D eigenvalue weighted by atomic mass is 32.2. The fraction of sp³-hybridized carbons (Fsp3) is 0.500. The maximum absolute atomic E-state index is 13.1. The molecule has 1 rings (SSSR count). The molecule has 0 fully saturated rings. The summed E-state index contributed by atoms with van der Waals surface area (Å²) in [5.41, 5.74) is -1.29. The van der Waals surface area contributed by atoms with Crippen LogP contribution in [0, 0.1) is 0 Å². The second-order valence-corrected chi connectivity index (χ2v) is 6.03. The molecule has 0 atom stereocenters. The molecule has 0 aliphatic heterocycles. The van der Waals surface area contributed by atoms with Gasteiger partial charge in [0.25, 0.3) is 10.1 Å². The van der Waals surface area contributed by atoms with Crippen LogP contribution in [0.5, 0.6) is 0 Å². The van der Waals surface area contributed by atoms with Crippen LogP contribution >= 0.6 is 0 Å². The van der Waals surface area contributed by atoms with Crippen LogP contribution in [0.2, 0.25) is 0 Å². The van der Waals surface area contributed by atoms with E-state index in [2.05, 4.69) is 0 Å². The summed E-state index contributed by atoms with van der Waals surface area (Å²) in [5.74, 6) is 0. The van der Waals surface area contributed by atoms with Crippen LogP contribution in [0.25, 0.3) is 0 Å². The van der Waals surface area contributed by atoms with Gasteiger partial charge in [0.05, 0.1) is 11.5 Å². The highest BCUT2D eigenvalue weighted by Crippen LogP contribution is 2.17. The minimum absolute atomic E-state index is 0.00454. The normalized spacial score (nSPS) is 12.6. The molecule has 17 heavy (non-hydrogen) atoms. The van der Waals surface area contributed by atoms with Crippen molar-refractivity contribution in [2.45, 2.75) is 37.3 Å². The summed E-state index contributed by atoms with van der Waals surface area (Å²) in [6, 6.07) is 7.91. The number of halogens is 1. The lowest BCUT2D eigenvalue weighted by molar-refractivity contribution is 0.181. The lowest BCUT2D eigenvalue weighted by Gasteiger charge is -2.13. The van der Waals surface area contributed by atoms with Gasteiger partial charge in [0, 0.05) is 0 Å². The summed E-state index contributed by atoms with van der Waals surface area (Å²) < 4.78 is 41.2. The fourth-order valence-electron chi connectivity index (χ4n) is 1.32. The third kappa shape index (κ3) is 5.28. The standard InChI is InChI=1S/C12H17FO3S/c1-12(2,13)9-6-10-16-17(14,15)11-7-4-3-5-8-11/h3-5,7-8H,6,9-10H2,1-2H3. The lowest BCUT2D eigenvalue weighted by atomic mass is 10.1. The molecule has 0 aliphatic rings. The minimum atomic E-state index is -3.70. The van der Waals surface area contributed by atoms with Crippen LogP contribution in [-0.2, 0) is 14.3 Å². The molecule has 0 amide bonds. The van der Waals surface area contributed by atoms with Gasteiger partial charge in [0.2, 0.25) is 0 Å². The molecule has 0 radical (unpaired) electrons. The molecule has 96 valence electrons. The van der Waals surface area contributed by atoms with Gasteiger partial charge in [0.1, 0.15) is 5.67 Å². The van der Waals surface area contributed by atoms with Gasteiger partial charge in [-0.25, -0.2) is 4.39 Å². The Morgan fingerprint density at radius 3 is 2.35 bits per heavy atom. The Hall–Kier alpha value is -0.940.